The van der Waals surface area contributed by atoms with E-state index in [1.807, 2.05) is 44.2 Å². The van der Waals surface area contributed by atoms with Crippen LogP contribution in [-0.4, -0.2) is 11.9 Å². The lowest BCUT2D eigenvalue weighted by Gasteiger charge is -2.19. The summed E-state index contributed by atoms with van der Waals surface area (Å²) in [6.45, 7) is 5.25. The highest BCUT2D eigenvalue weighted by molar-refractivity contribution is 6.30. The molecule has 2 atom stereocenters. The van der Waals surface area contributed by atoms with Crippen molar-refractivity contribution < 1.29 is 9.59 Å². The Balaban J connectivity index is 1.95. The van der Waals surface area contributed by atoms with E-state index < -0.39 is 0 Å². The van der Waals surface area contributed by atoms with Gasteiger partial charge in [0.15, 0.2) is 0 Å². The maximum Gasteiger partial charge on any atom is 0.315 e. The third kappa shape index (κ3) is 5.80. The molecule has 0 saturated carbocycles. The van der Waals surface area contributed by atoms with Gasteiger partial charge in [-0.1, -0.05) is 35.9 Å². The fourth-order valence-corrected chi connectivity index (χ4v) is 2.57. The van der Waals surface area contributed by atoms with E-state index in [4.69, 9.17) is 11.6 Å². The average molecular weight is 360 g/mol. The lowest BCUT2D eigenvalue weighted by molar-refractivity contribution is -0.114. The summed E-state index contributed by atoms with van der Waals surface area (Å²) < 4.78 is 0. The fourth-order valence-electron chi connectivity index (χ4n) is 2.44. The standard InChI is InChI=1S/C19H22ClN3O2/c1-12(15-7-9-17(20)10-8-15)21-19(25)22-13(2)16-5-4-6-18(11-16)23-14(3)24/h4-13H,1-3H3,(H,23,24)(H2,21,22,25)/t12-,13-/m0/s1. The van der Waals surface area contributed by atoms with Crippen LogP contribution in [0.4, 0.5) is 10.5 Å². The topological polar surface area (TPSA) is 70.2 Å². The number of halogens is 1. The van der Waals surface area contributed by atoms with E-state index in [0.29, 0.717) is 10.7 Å². The quantitative estimate of drug-likeness (QED) is 0.739. The summed E-state index contributed by atoms with van der Waals surface area (Å²) in [7, 11) is 0. The molecule has 132 valence electrons. The Hall–Kier alpha value is -2.53. The molecule has 5 nitrogen and oxygen atoms in total. The molecule has 6 heteroatoms. The molecule has 0 bridgehead atoms. The van der Waals surface area contributed by atoms with E-state index in [0.717, 1.165) is 11.1 Å². The third-order valence-corrected chi connectivity index (χ3v) is 4.02. The van der Waals surface area contributed by atoms with Crippen molar-refractivity contribution in [1.29, 1.82) is 0 Å². The van der Waals surface area contributed by atoms with Gasteiger partial charge in [-0.25, -0.2) is 4.79 Å². The first-order valence-corrected chi connectivity index (χ1v) is 8.43. The number of benzene rings is 2. The van der Waals surface area contributed by atoms with Gasteiger partial charge in [-0.2, -0.15) is 0 Å². The summed E-state index contributed by atoms with van der Waals surface area (Å²) in [6, 6.07) is 14.1. The van der Waals surface area contributed by atoms with Crippen molar-refractivity contribution in [2.75, 3.05) is 5.32 Å². The molecular formula is C19H22ClN3O2. The molecule has 0 aliphatic rings. The molecule has 0 unspecified atom stereocenters. The van der Waals surface area contributed by atoms with Gasteiger partial charge in [0.05, 0.1) is 12.1 Å². The number of amides is 3. The Morgan fingerprint density at radius 3 is 2.12 bits per heavy atom. The van der Waals surface area contributed by atoms with Crippen LogP contribution >= 0.6 is 11.6 Å². The lowest BCUT2D eigenvalue weighted by Crippen LogP contribution is -2.38. The van der Waals surface area contributed by atoms with Crippen LogP contribution in [0.15, 0.2) is 48.5 Å². The zero-order chi connectivity index (χ0) is 18.4. The molecule has 0 radical (unpaired) electrons. The van der Waals surface area contributed by atoms with Crippen LogP contribution in [0.25, 0.3) is 0 Å². The van der Waals surface area contributed by atoms with Crippen LogP contribution in [0, 0.1) is 0 Å². The van der Waals surface area contributed by atoms with Crippen LogP contribution in [0.5, 0.6) is 0 Å². The van der Waals surface area contributed by atoms with Crippen molar-refractivity contribution in [3.05, 3.63) is 64.7 Å². The molecule has 0 saturated heterocycles. The lowest BCUT2D eigenvalue weighted by atomic mass is 10.1. The number of rotatable bonds is 5. The number of carbonyl (C=O) groups is 2. The van der Waals surface area contributed by atoms with Crippen LogP contribution in [0.3, 0.4) is 0 Å². The van der Waals surface area contributed by atoms with Crippen molar-refractivity contribution >= 4 is 29.2 Å². The number of anilines is 1. The minimum Gasteiger partial charge on any atom is -0.332 e. The van der Waals surface area contributed by atoms with Crippen molar-refractivity contribution in [3.63, 3.8) is 0 Å². The zero-order valence-electron chi connectivity index (χ0n) is 14.5. The highest BCUT2D eigenvalue weighted by Gasteiger charge is 2.13. The second kappa shape index (κ2) is 8.53. The van der Waals surface area contributed by atoms with Gasteiger partial charge in [0.1, 0.15) is 0 Å². The maximum absolute atomic E-state index is 12.2. The number of urea groups is 1. The molecule has 0 aliphatic heterocycles. The number of hydrogen-bond donors (Lipinski definition) is 3. The first-order valence-electron chi connectivity index (χ1n) is 8.05. The van der Waals surface area contributed by atoms with Crippen LogP contribution in [0.2, 0.25) is 5.02 Å². The van der Waals surface area contributed by atoms with E-state index in [2.05, 4.69) is 16.0 Å². The van der Waals surface area contributed by atoms with Crippen molar-refractivity contribution in [1.82, 2.24) is 10.6 Å². The minimum atomic E-state index is -0.264. The molecule has 2 aromatic rings. The highest BCUT2D eigenvalue weighted by Crippen LogP contribution is 2.18. The van der Waals surface area contributed by atoms with Gasteiger partial charge in [0.25, 0.3) is 0 Å². The van der Waals surface area contributed by atoms with Crippen molar-refractivity contribution in [2.45, 2.75) is 32.9 Å². The molecular weight excluding hydrogens is 338 g/mol. The summed E-state index contributed by atoms with van der Waals surface area (Å²) in [5.74, 6) is -0.132. The van der Waals surface area contributed by atoms with Gasteiger partial charge >= 0.3 is 6.03 Å². The molecule has 0 spiro atoms. The molecule has 0 aromatic heterocycles. The van der Waals surface area contributed by atoms with Crippen molar-refractivity contribution in [3.8, 4) is 0 Å². The van der Waals surface area contributed by atoms with Gasteiger partial charge in [-0.05, 0) is 49.2 Å². The van der Waals surface area contributed by atoms with E-state index in [1.54, 1.807) is 18.2 Å². The Morgan fingerprint density at radius 2 is 1.52 bits per heavy atom. The minimum absolute atomic E-state index is 0.132. The molecule has 3 amide bonds. The molecule has 0 fully saturated rings. The third-order valence-electron chi connectivity index (χ3n) is 3.77. The van der Waals surface area contributed by atoms with Gasteiger partial charge in [-0.3, -0.25) is 4.79 Å². The summed E-state index contributed by atoms with van der Waals surface area (Å²) in [6.07, 6.45) is 0. The average Bonchev–Trinajstić information content (AvgIpc) is 2.54. The van der Waals surface area contributed by atoms with Crippen LogP contribution < -0.4 is 16.0 Å². The summed E-state index contributed by atoms with van der Waals surface area (Å²) >= 11 is 5.88. The highest BCUT2D eigenvalue weighted by atomic mass is 35.5. The van der Waals surface area contributed by atoms with E-state index in [1.165, 1.54) is 6.92 Å². The summed E-state index contributed by atoms with van der Waals surface area (Å²) in [5, 5.41) is 9.19. The fraction of sp³-hybridized carbons (Fsp3) is 0.263. The molecule has 3 N–H and O–H groups in total. The normalized spacial score (nSPS) is 12.8. The molecule has 0 aliphatic carbocycles. The first kappa shape index (κ1) is 18.8. The predicted octanol–water partition coefficient (Wildman–Crippen LogP) is 4.42. The molecule has 0 heterocycles. The molecule has 2 aromatic carbocycles. The van der Waals surface area contributed by atoms with Gasteiger partial charge < -0.3 is 16.0 Å². The SMILES string of the molecule is CC(=O)Nc1cccc([C@H](C)NC(=O)N[C@@H](C)c2ccc(Cl)cc2)c1. The van der Waals surface area contributed by atoms with Gasteiger partial charge in [0.2, 0.25) is 5.91 Å². The maximum atomic E-state index is 12.2. The Labute approximate surface area is 152 Å². The van der Waals surface area contributed by atoms with Crippen LogP contribution in [0.1, 0.15) is 44.0 Å². The Kier molecular flexibility index (Phi) is 6.42. The van der Waals surface area contributed by atoms with E-state index >= 15 is 0 Å². The first-order chi connectivity index (χ1) is 11.8. The monoisotopic (exact) mass is 359 g/mol. The Morgan fingerprint density at radius 1 is 0.920 bits per heavy atom. The number of nitrogens with one attached hydrogen (secondary N) is 3. The second-order valence-electron chi connectivity index (χ2n) is 5.92. The zero-order valence-corrected chi connectivity index (χ0v) is 15.2. The molecule has 2 rings (SSSR count). The van der Waals surface area contributed by atoms with E-state index in [-0.39, 0.29) is 24.0 Å². The number of hydrogen-bond acceptors (Lipinski definition) is 2. The van der Waals surface area contributed by atoms with E-state index in [9.17, 15) is 9.59 Å². The van der Waals surface area contributed by atoms with Crippen molar-refractivity contribution in [2.24, 2.45) is 0 Å². The van der Waals surface area contributed by atoms with Gasteiger partial charge in [-0.15, -0.1) is 0 Å². The largest absolute Gasteiger partial charge is 0.332 e. The summed E-state index contributed by atoms with van der Waals surface area (Å²) in [5.41, 5.74) is 2.58. The number of carbonyl (C=O) groups excluding carboxylic acids is 2. The van der Waals surface area contributed by atoms with Gasteiger partial charge in [0, 0.05) is 17.6 Å². The smallest absolute Gasteiger partial charge is 0.315 e. The summed E-state index contributed by atoms with van der Waals surface area (Å²) in [4.78, 5) is 23.4. The molecule has 25 heavy (non-hydrogen) atoms. The second-order valence-corrected chi connectivity index (χ2v) is 6.36. The predicted molar refractivity (Wildman–Crippen MR) is 101 cm³/mol. The Bertz CT molecular complexity index is 747. The van der Waals surface area contributed by atoms with Crippen LogP contribution in [-0.2, 0) is 4.79 Å².